The molecule has 0 radical (unpaired) electrons. The van der Waals surface area contributed by atoms with Gasteiger partial charge in [0.25, 0.3) is 0 Å². The summed E-state index contributed by atoms with van der Waals surface area (Å²) in [5.74, 6) is 0.0156. The number of hydrogen-bond acceptors (Lipinski definition) is 2. The molecule has 0 aliphatic rings. The van der Waals surface area contributed by atoms with Crippen LogP contribution >= 0.6 is 0 Å². The first-order valence-corrected chi connectivity index (χ1v) is 5.91. The van der Waals surface area contributed by atoms with Crippen LogP contribution in [0.25, 0.3) is 0 Å². The van der Waals surface area contributed by atoms with E-state index in [1.54, 1.807) is 12.1 Å². The van der Waals surface area contributed by atoms with Crippen LogP contribution in [0.3, 0.4) is 0 Å². The van der Waals surface area contributed by atoms with Gasteiger partial charge in [0.1, 0.15) is 0 Å². The molecule has 3 nitrogen and oxygen atoms in total. The minimum absolute atomic E-state index is 0.0156. The van der Waals surface area contributed by atoms with Gasteiger partial charge in [-0.15, -0.1) is 6.58 Å². The van der Waals surface area contributed by atoms with E-state index in [0.29, 0.717) is 0 Å². The van der Waals surface area contributed by atoms with Gasteiger partial charge in [-0.2, -0.15) is 0 Å². The molecule has 0 fully saturated rings. The SMILES string of the molecule is C=CCNS(=O)(=O)Cc1ccccc1. The molecule has 1 aromatic rings. The van der Waals surface area contributed by atoms with E-state index >= 15 is 0 Å². The third-order valence-corrected chi connectivity index (χ3v) is 2.97. The van der Waals surface area contributed by atoms with Gasteiger partial charge in [0, 0.05) is 6.54 Å². The molecule has 0 heterocycles. The Morgan fingerprint density at radius 3 is 2.50 bits per heavy atom. The minimum Gasteiger partial charge on any atom is -0.212 e. The second-order valence-electron chi connectivity index (χ2n) is 2.88. The molecule has 0 saturated heterocycles. The molecule has 0 aromatic heterocycles. The van der Waals surface area contributed by atoms with Gasteiger partial charge in [0.2, 0.25) is 10.0 Å². The predicted molar refractivity (Wildman–Crippen MR) is 57.3 cm³/mol. The molecule has 0 bridgehead atoms. The predicted octanol–water partition coefficient (Wildman–Crippen LogP) is 1.29. The highest BCUT2D eigenvalue weighted by Gasteiger charge is 2.08. The summed E-state index contributed by atoms with van der Waals surface area (Å²) in [6.45, 7) is 3.72. The highest BCUT2D eigenvalue weighted by Crippen LogP contribution is 2.03. The van der Waals surface area contributed by atoms with Crippen molar-refractivity contribution in [3.63, 3.8) is 0 Å². The highest BCUT2D eigenvalue weighted by atomic mass is 32.2. The van der Waals surface area contributed by atoms with Crippen molar-refractivity contribution in [3.05, 3.63) is 48.6 Å². The van der Waals surface area contributed by atoms with Gasteiger partial charge in [-0.25, -0.2) is 13.1 Å². The van der Waals surface area contributed by atoms with Crippen LogP contribution in [0.2, 0.25) is 0 Å². The quantitative estimate of drug-likeness (QED) is 0.746. The highest BCUT2D eigenvalue weighted by molar-refractivity contribution is 7.88. The number of hydrogen-bond donors (Lipinski definition) is 1. The molecule has 0 amide bonds. The van der Waals surface area contributed by atoms with Gasteiger partial charge in [-0.05, 0) is 5.56 Å². The van der Waals surface area contributed by atoms with Crippen LogP contribution in [0, 0.1) is 0 Å². The van der Waals surface area contributed by atoms with E-state index in [-0.39, 0.29) is 12.3 Å². The van der Waals surface area contributed by atoms with Crippen molar-refractivity contribution in [3.8, 4) is 0 Å². The van der Waals surface area contributed by atoms with Crippen LogP contribution < -0.4 is 4.72 Å². The molecule has 14 heavy (non-hydrogen) atoms. The Balaban J connectivity index is 2.64. The van der Waals surface area contributed by atoms with Gasteiger partial charge in [0.15, 0.2) is 0 Å². The van der Waals surface area contributed by atoms with Gasteiger partial charge in [-0.3, -0.25) is 0 Å². The maximum absolute atomic E-state index is 11.4. The van der Waals surface area contributed by atoms with Crippen LogP contribution in [0.5, 0.6) is 0 Å². The summed E-state index contributed by atoms with van der Waals surface area (Å²) in [5.41, 5.74) is 0.782. The lowest BCUT2D eigenvalue weighted by Crippen LogP contribution is -2.25. The zero-order valence-electron chi connectivity index (χ0n) is 7.81. The van der Waals surface area contributed by atoms with Crippen molar-refractivity contribution in [1.29, 1.82) is 0 Å². The van der Waals surface area contributed by atoms with E-state index in [9.17, 15) is 8.42 Å². The van der Waals surface area contributed by atoms with Crippen molar-refractivity contribution in [2.45, 2.75) is 5.75 Å². The Hall–Kier alpha value is -1.13. The van der Waals surface area contributed by atoms with Crippen LogP contribution in [-0.4, -0.2) is 15.0 Å². The lowest BCUT2D eigenvalue weighted by molar-refractivity contribution is 0.585. The van der Waals surface area contributed by atoms with Crippen LogP contribution in [0.1, 0.15) is 5.56 Å². The number of benzene rings is 1. The Morgan fingerprint density at radius 2 is 1.93 bits per heavy atom. The molecule has 0 spiro atoms. The summed E-state index contributed by atoms with van der Waals surface area (Å²) in [5, 5.41) is 0. The van der Waals surface area contributed by atoms with Gasteiger partial charge >= 0.3 is 0 Å². The van der Waals surface area contributed by atoms with Gasteiger partial charge < -0.3 is 0 Å². The molecule has 0 aliphatic carbocycles. The first-order valence-electron chi connectivity index (χ1n) is 4.26. The molecule has 76 valence electrons. The van der Waals surface area contributed by atoms with Crippen molar-refractivity contribution in [2.24, 2.45) is 0 Å². The number of sulfonamides is 1. The average Bonchev–Trinajstić information content (AvgIpc) is 2.16. The largest absolute Gasteiger partial charge is 0.216 e. The third kappa shape index (κ3) is 3.72. The van der Waals surface area contributed by atoms with E-state index < -0.39 is 10.0 Å². The summed E-state index contributed by atoms with van der Waals surface area (Å²) in [7, 11) is -3.22. The maximum Gasteiger partial charge on any atom is 0.216 e. The van der Waals surface area contributed by atoms with E-state index in [1.807, 2.05) is 18.2 Å². The normalized spacial score (nSPS) is 11.1. The Bertz CT molecular complexity index is 384. The number of nitrogens with one attached hydrogen (secondary N) is 1. The van der Waals surface area contributed by atoms with E-state index in [1.165, 1.54) is 6.08 Å². The molecular formula is C10H13NO2S. The standard InChI is InChI=1S/C10H13NO2S/c1-2-8-11-14(12,13)9-10-6-4-3-5-7-10/h2-7,11H,1,8-9H2. The molecule has 0 aliphatic heterocycles. The van der Waals surface area contributed by atoms with Crippen LogP contribution in [0.15, 0.2) is 43.0 Å². The van der Waals surface area contributed by atoms with Crippen LogP contribution in [0.4, 0.5) is 0 Å². The lowest BCUT2D eigenvalue weighted by atomic mass is 10.2. The summed E-state index contributed by atoms with van der Waals surface area (Å²) < 4.78 is 25.2. The number of rotatable bonds is 5. The molecule has 4 heteroatoms. The average molecular weight is 211 g/mol. The minimum atomic E-state index is -3.22. The summed E-state index contributed by atoms with van der Waals surface area (Å²) in [4.78, 5) is 0. The fourth-order valence-electron chi connectivity index (χ4n) is 1.03. The monoisotopic (exact) mass is 211 g/mol. The topological polar surface area (TPSA) is 46.2 Å². The zero-order valence-corrected chi connectivity index (χ0v) is 8.63. The molecule has 0 unspecified atom stereocenters. The molecule has 0 atom stereocenters. The molecule has 1 aromatic carbocycles. The first-order chi connectivity index (χ1) is 6.64. The smallest absolute Gasteiger partial charge is 0.212 e. The van der Waals surface area contributed by atoms with Crippen molar-refractivity contribution in [1.82, 2.24) is 4.72 Å². The summed E-state index contributed by atoms with van der Waals surface area (Å²) in [6.07, 6.45) is 1.52. The third-order valence-electron chi connectivity index (χ3n) is 1.65. The fraction of sp³-hybridized carbons (Fsp3) is 0.200. The van der Waals surface area contributed by atoms with Crippen molar-refractivity contribution >= 4 is 10.0 Å². The zero-order chi connectivity index (χ0) is 10.4. The van der Waals surface area contributed by atoms with E-state index in [2.05, 4.69) is 11.3 Å². The van der Waals surface area contributed by atoms with E-state index in [4.69, 9.17) is 0 Å². The fourth-order valence-corrected chi connectivity index (χ4v) is 2.14. The first kappa shape index (κ1) is 10.9. The maximum atomic E-state index is 11.4. The van der Waals surface area contributed by atoms with Gasteiger partial charge in [0.05, 0.1) is 5.75 Å². The second-order valence-corrected chi connectivity index (χ2v) is 4.69. The molecular weight excluding hydrogens is 198 g/mol. The van der Waals surface area contributed by atoms with Gasteiger partial charge in [-0.1, -0.05) is 36.4 Å². The Morgan fingerprint density at radius 1 is 1.29 bits per heavy atom. The Kier molecular flexibility index (Phi) is 3.85. The molecule has 0 saturated carbocycles. The summed E-state index contributed by atoms with van der Waals surface area (Å²) >= 11 is 0. The van der Waals surface area contributed by atoms with Crippen molar-refractivity contribution < 1.29 is 8.42 Å². The van der Waals surface area contributed by atoms with E-state index in [0.717, 1.165) is 5.56 Å². The van der Waals surface area contributed by atoms with Crippen LogP contribution in [-0.2, 0) is 15.8 Å². The summed E-state index contributed by atoms with van der Waals surface area (Å²) in [6, 6.07) is 9.06. The molecule has 1 rings (SSSR count). The van der Waals surface area contributed by atoms with Crippen molar-refractivity contribution in [2.75, 3.05) is 6.54 Å². The molecule has 1 N–H and O–H groups in total. The lowest BCUT2D eigenvalue weighted by Gasteiger charge is -2.03. The Labute approximate surface area is 84.5 Å². The second kappa shape index (κ2) is 4.93.